The highest BCUT2D eigenvalue weighted by Crippen LogP contribution is 2.63. The molecule has 4 aromatic rings. The molecule has 3 fully saturated rings. The molecule has 2 aromatic carbocycles. The van der Waals surface area contributed by atoms with Crippen LogP contribution in [0.15, 0.2) is 42.6 Å². The number of hydrogen-bond acceptors (Lipinski definition) is 8. The van der Waals surface area contributed by atoms with Gasteiger partial charge in [0.2, 0.25) is 0 Å². The smallest absolute Gasteiger partial charge is 0.338 e. The maximum atomic E-state index is 15.4. The first-order chi connectivity index (χ1) is 21.2. The fourth-order valence-corrected chi connectivity index (χ4v) is 7.13. The molecule has 1 aliphatic carbocycles. The molecular weight excluding hydrogens is 594 g/mol. The van der Waals surface area contributed by atoms with E-state index < -0.39 is 17.6 Å². The monoisotopic (exact) mass is 622 g/mol. The Morgan fingerprint density at radius 1 is 1.14 bits per heavy atom. The molecule has 5 atom stereocenters. The molecule has 2 aromatic heterocycles. The number of pyridine rings is 1. The van der Waals surface area contributed by atoms with E-state index in [2.05, 4.69) is 14.9 Å². The summed E-state index contributed by atoms with van der Waals surface area (Å²) in [7, 11) is 1.27. The van der Waals surface area contributed by atoms with E-state index in [1.165, 1.54) is 19.4 Å². The largest absolute Gasteiger partial charge is 0.465 e. The Bertz CT molecular complexity index is 1800. The van der Waals surface area contributed by atoms with Crippen LogP contribution in [0.5, 0.6) is 11.5 Å². The lowest BCUT2D eigenvalue weighted by atomic mass is 10.0. The molecule has 1 saturated carbocycles. The van der Waals surface area contributed by atoms with Gasteiger partial charge in [0.15, 0.2) is 17.3 Å². The number of esters is 1. The molecule has 0 spiro atoms. The SMILES string of the molecule is COC(=O)c1cc(F)c2nc(CN3C[C@@H]4C(c5c(F)ccc6c5OC(C)(c5ccc(Cl)cn5)O6)[C@@H]4C3)n(CC3CCO3)c2c1. The molecule has 3 unspecified atom stereocenters. The predicted octanol–water partition coefficient (Wildman–Crippen LogP) is 5.43. The van der Waals surface area contributed by atoms with E-state index in [1.807, 2.05) is 4.57 Å². The highest BCUT2D eigenvalue weighted by Gasteiger charge is 2.59. The number of benzene rings is 2. The van der Waals surface area contributed by atoms with Crippen molar-refractivity contribution in [3.63, 3.8) is 0 Å². The Kier molecular flexibility index (Phi) is 6.37. The van der Waals surface area contributed by atoms with Crippen LogP contribution in [0.25, 0.3) is 11.0 Å². The van der Waals surface area contributed by atoms with Crippen LogP contribution in [-0.2, 0) is 28.4 Å². The average molecular weight is 623 g/mol. The van der Waals surface area contributed by atoms with Gasteiger partial charge < -0.3 is 23.5 Å². The number of likely N-dealkylation sites (tertiary alicyclic amines) is 1. The zero-order valence-corrected chi connectivity index (χ0v) is 24.8. The maximum absolute atomic E-state index is 15.4. The minimum atomic E-state index is -1.20. The Morgan fingerprint density at radius 3 is 2.61 bits per heavy atom. The van der Waals surface area contributed by atoms with E-state index >= 15 is 8.78 Å². The van der Waals surface area contributed by atoms with Crippen molar-refractivity contribution in [1.29, 1.82) is 0 Å². The van der Waals surface area contributed by atoms with Gasteiger partial charge in [-0.1, -0.05) is 11.6 Å². The Balaban J connectivity index is 1.03. The number of halogens is 3. The molecule has 4 aliphatic rings. The molecule has 0 N–H and O–H groups in total. The number of ether oxygens (including phenoxy) is 4. The molecule has 8 rings (SSSR count). The van der Waals surface area contributed by atoms with E-state index in [0.717, 1.165) is 25.6 Å². The molecule has 0 amide bonds. The second-order valence-corrected chi connectivity index (χ2v) is 12.5. The minimum Gasteiger partial charge on any atom is -0.465 e. The number of imidazole rings is 1. The summed E-state index contributed by atoms with van der Waals surface area (Å²) in [4.78, 5) is 23.5. The van der Waals surface area contributed by atoms with Gasteiger partial charge in [-0.3, -0.25) is 9.88 Å². The topological polar surface area (TPSA) is 87.9 Å². The van der Waals surface area contributed by atoms with Gasteiger partial charge >= 0.3 is 5.97 Å². The summed E-state index contributed by atoms with van der Waals surface area (Å²) < 4.78 is 55.4. The molecule has 12 heteroatoms. The number of methoxy groups -OCH3 is 1. The van der Waals surface area contributed by atoms with Crippen LogP contribution in [0.4, 0.5) is 8.78 Å². The van der Waals surface area contributed by atoms with Crippen molar-refractivity contribution >= 4 is 28.6 Å². The molecule has 44 heavy (non-hydrogen) atoms. The zero-order chi connectivity index (χ0) is 30.3. The summed E-state index contributed by atoms with van der Waals surface area (Å²) in [6.07, 6.45) is 2.44. The van der Waals surface area contributed by atoms with Crippen LogP contribution in [0.1, 0.15) is 46.7 Å². The second-order valence-electron chi connectivity index (χ2n) is 12.1. The first kappa shape index (κ1) is 27.7. The normalized spacial score (nSPS) is 26.9. The number of piperidine rings is 1. The van der Waals surface area contributed by atoms with Crippen molar-refractivity contribution in [3.8, 4) is 11.5 Å². The lowest BCUT2D eigenvalue weighted by molar-refractivity contribution is -0.0721. The lowest BCUT2D eigenvalue weighted by Crippen LogP contribution is -2.33. The van der Waals surface area contributed by atoms with E-state index in [1.54, 1.807) is 31.2 Å². The van der Waals surface area contributed by atoms with E-state index in [-0.39, 0.29) is 40.8 Å². The van der Waals surface area contributed by atoms with Crippen molar-refractivity contribution < 1.29 is 32.5 Å². The summed E-state index contributed by atoms with van der Waals surface area (Å²) in [6.45, 7) is 4.92. The molecule has 3 aliphatic heterocycles. The van der Waals surface area contributed by atoms with Crippen molar-refractivity contribution in [3.05, 3.63) is 81.9 Å². The van der Waals surface area contributed by atoms with Crippen LogP contribution in [0.2, 0.25) is 5.02 Å². The number of rotatable bonds is 7. The number of carbonyl (C=O) groups is 1. The maximum Gasteiger partial charge on any atom is 0.338 e. The lowest BCUT2D eigenvalue weighted by Gasteiger charge is -2.28. The zero-order valence-electron chi connectivity index (χ0n) is 24.1. The second kappa shape index (κ2) is 10.1. The van der Waals surface area contributed by atoms with Gasteiger partial charge in [-0.25, -0.2) is 18.6 Å². The number of hydrogen-bond donors (Lipinski definition) is 0. The standard InChI is InChI=1S/C32H29ClF2N4O5/c1-32(25-6-3-17(33)11-36-25)43-24-5-4-21(34)28(30(24)44-32)27-19-13-38(14-20(19)27)15-26-37-29-22(35)9-16(31(40)41-2)10-23(29)39(26)12-18-7-8-42-18/h3-6,9-11,18-20,27H,7-8,12-15H2,1-2H3/t18?,19-,20+,27?,32?. The molecule has 9 nitrogen and oxygen atoms in total. The average Bonchev–Trinajstić information content (AvgIpc) is 3.28. The third kappa shape index (κ3) is 4.43. The summed E-state index contributed by atoms with van der Waals surface area (Å²) >= 11 is 6.01. The van der Waals surface area contributed by atoms with Gasteiger partial charge in [0.1, 0.15) is 22.9 Å². The summed E-state index contributed by atoms with van der Waals surface area (Å²) in [5.41, 5.74) is 1.97. The van der Waals surface area contributed by atoms with Crippen molar-refractivity contribution in [2.24, 2.45) is 11.8 Å². The highest BCUT2D eigenvalue weighted by molar-refractivity contribution is 6.30. The predicted molar refractivity (Wildman–Crippen MR) is 155 cm³/mol. The van der Waals surface area contributed by atoms with Crippen LogP contribution in [-0.4, -0.2) is 58.3 Å². The molecular formula is C32H29ClF2N4O5. The van der Waals surface area contributed by atoms with E-state index in [0.29, 0.717) is 58.8 Å². The van der Waals surface area contributed by atoms with Gasteiger partial charge in [-0.15, -0.1) is 0 Å². The quantitative estimate of drug-likeness (QED) is 0.252. The number of aromatic nitrogens is 3. The first-order valence-corrected chi connectivity index (χ1v) is 15.0. The van der Waals surface area contributed by atoms with Crippen LogP contribution < -0.4 is 9.47 Å². The Morgan fingerprint density at radius 2 is 1.93 bits per heavy atom. The summed E-state index contributed by atoms with van der Waals surface area (Å²) in [5, 5.41) is 0.498. The van der Waals surface area contributed by atoms with Gasteiger partial charge in [0.25, 0.3) is 5.79 Å². The number of fused-ring (bicyclic) bond motifs is 3. The first-order valence-electron chi connectivity index (χ1n) is 14.7. The highest BCUT2D eigenvalue weighted by atomic mass is 35.5. The van der Waals surface area contributed by atoms with Gasteiger partial charge in [0, 0.05) is 38.4 Å². The van der Waals surface area contributed by atoms with Gasteiger partial charge in [-0.2, -0.15) is 0 Å². The number of carbonyl (C=O) groups excluding carboxylic acids is 1. The molecule has 0 radical (unpaired) electrons. The van der Waals surface area contributed by atoms with Crippen molar-refractivity contribution in [2.75, 3.05) is 26.8 Å². The summed E-state index contributed by atoms with van der Waals surface area (Å²) in [5.74, 6) is -0.620. The molecule has 2 saturated heterocycles. The Hall–Kier alpha value is -3.80. The molecule has 5 heterocycles. The van der Waals surface area contributed by atoms with Gasteiger partial charge in [0.05, 0.1) is 42.4 Å². The van der Waals surface area contributed by atoms with Crippen molar-refractivity contribution in [1.82, 2.24) is 19.4 Å². The van der Waals surface area contributed by atoms with Crippen molar-refractivity contribution in [2.45, 2.75) is 44.2 Å². The third-order valence-electron chi connectivity index (χ3n) is 9.36. The minimum absolute atomic E-state index is 0.00600. The molecule has 0 bridgehead atoms. The van der Waals surface area contributed by atoms with Crippen LogP contribution >= 0.6 is 11.6 Å². The molecule has 228 valence electrons. The summed E-state index contributed by atoms with van der Waals surface area (Å²) in [6, 6.07) is 9.28. The number of nitrogens with zero attached hydrogens (tertiary/aromatic N) is 4. The van der Waals surface area contributed by atoms with Crippen LogP contribution in [0, 0.1) is 23.5 Å². The Labute approximate surface area is 256 Å². The van der Waals surface area contributed by atoms with Crippen LogP contribution in [0.3, 0.4) is 0 Å². The van der Waals surface area contributed by atoms with E-state index in [4.69, 9.17) is 30.5 Å². The van der Waals surface area contributed by atoms with E-state index in [9.17, 15) is 4.79 Å². The fourth-order valence-electron chi connectivity index (χ4n) is 7.02. The fraction of sp³-hybridized carbons (Fsp3) is 0.406. The third-order valence-corrected chi connectivity index (χ3v) is 9.58. The van der Waals surface area contributed by atoms with Gasteiger partial charge in [-0.05, 0) is 60.6 Å².